The van der Waals surface area contributed by atoms with Gasteiger partial charge in [-0.2, -0.15) is 0 Å². The summed E-state index contributed by atoms with van der Waals surface area (Å²) in [6.07, 6.45) is 6.03. The number of carbonyl (C=O) groups is 1. The molecule has 1 aromatic rings. The lowest BCUT2D eigenvalue weighted by Crippen LogP contribution is -2.20. The zero-order chi connectivity index (χ0) is 13.4. The first kappa shape index (κ1) is 12.5. The van der Waals surface area contributed by atoms with Gasteiger partial charge in [-0.05, 0) is 67.7 Å². The third-order valence-electron chi connectivity index (χ3n) is 4.89. The first-order chi connectivity index (χ1) is 9.11. The summed E-state index contributed by atoms with van der Waals surface area (Å²) < 4.78 is 0. The normalized spacial score (nSPS) is 28.6. The van der Waals surface area contributed by atoms with Gasteiger partial charge in [0.2, 0.25) is 5.91 Å². The van der Waals surface area contributed by atoms with E-state index in [0.29, 0.717) is 12.3 Å². The molecular formula is C16H22N2O. The third-order valence-corrected chi connectivity index (χ3v) is 4.89. The highest BCUT2D eigenvalue weighted by atomic mass is 16.1. The van der Waals surface area contributed by atoms with Crippen molar-refractivity contribution in [1.82, 2.24) is 0 Å². The van der Waals surface area contributed by atoms with Crippen LogP contribution in [0.1, 0.15) is 37.7 Å². The number of rotatable bonds is 3. The molecule has 2 aliphatic carbocycles. The van der Waals surface area contributed by atoms with Gasteiger partial charge in [-0.25, -0.2) is 0 Å². The van der Waals surface area contributed by atoms with Crippen molar-refractivity contribution in [1.29, 1.82) is 0 Å². The zero-order valence-corrected chi connectivity index (χ0v) is 11.5. The van der Waals surface area contributed by atoms with E-state index in [2.05, 4.69) is 5.32 Å². The number of nitrogens with one attached hydrogen (secondary N) is 1. The molecule has 102 valence electrons. The van der Waals surface area contributed by atoms with Gasteiger partial charge in [0.05, 0.1) is 0 Å². The van der Waals surface area contributed by atoms with Gasteiger partial charge >= 0.3 is 0 Å². The van der Waals surface area contributed by atoms with Crippen LogP contribution in [0.15, 0.2) is 18.2 Å². The van der Waals surface area contributed by atoms with Gasteiger partial charge in [0.15, 0.2) is 0 Å². The molecule has 0 heterocycles. The van der Waals surface area contributed by atoms with E-state index in [1.54, 1.807) is 0 Å². The Hall–Kier alpha value is -1.51. The Morgan fingerprint density at radius 3 is 2.84 bits per heavy atom. The van der Waals surface area contributed by atoms with Crippen LogP contribution in [-0.4, -0.2) is 5.91 Å². The summed E-state index contributed by atoms with van der Waals surface area (Å²) in [5, 5.41) is 3.00. The number of nitrogen functional groups attached to an aromatic ring is 1. The van der Waals surface area contributed by atoms with Crippen molar-refractivity contribution >= 4 is 17.3 Å². The van der Waals surface area contributed by atoms with E-state index in [1.807, 2.05) is 25.1 Å². The molecule has 3 rings (SSSR count). The second-order valence-corrected chi connectivity index (χ2v) is 6.26. The van der Waals surface area contributed by atoms with Gasteiger partial charge in [0.1, 0.15) is 0 Å². The highest BCUT2D eigenvalue weighted by molar-refractivity contribution is 5.91. The van der Waals surface area contributed by atoms with Crippen molar-refractivity contribution in [3.8, 4) is 0 Å². The highest BCUT2D eigenvalue weighted by Crippen LogP contribution is 2.49. The van der Waals surface area contributed by atoms with Crippen LogP contribution in [0.3, 0.4) is 0 Å². The molecule has 2 fully saturated rings. The van der Waals surface area contributed by atoms with Gasteiger partial charge in [-0.3, -0.25) is 4.79 Å². The van der Waals surface area contributed by atoms with Crippen LogP contribution in [0.5, 0.6) is 0 Å². The molecule has 3 N–H and O–H groups in total. The third kappa shape index (κ3) is 2.60. The number of nitrogens with two attached hydrogens (primary N) is 1. The number of hydrogen-bond donors (Lipinski definition) is 2. The first-order valence-corrected chi connectivity index (χ1v) is 7.28. The number of aryl methyl sites for hydroxylation is 1. The SMILES string of the molecule is Cc1cc(NC(=O)CC2CC3CCC2C3)ccc1N. The molecule has 3 atom stereocenters. The van der Waals surface area contributed by atoms with Crippen molar-refractivity contribution in [2.45, 2.75) is 39.0 Å². The summed E-state index contributed by atoms with van der Waals surface area (Å²) in [5.41, 5.74) is 8.42. The molecule has 3 nitrogen and oxygen atoms in total. The Bertz CT molecular complexity index is 498. The summed E-state index contributed by atoms with van der Waals surface area (Å²) in [5.74, 6) is 2.49. The number of anilines is 2. The lowest BCUT2D eigenvalue weighted by Gasteiger charge is -2.21. The summed E-state index contributed by atoms with van der Waals surface area (Å²) in [7, 11) is 0. The van der Waals surface area contributed by atoms with Crippen LogP contribution < -0.4 is 11.1 Å². The minimum Gasteiger partial charge on any atom is -0.399 e. The fourth-order valence-corrected chi connectivity index (χ4v) is 3.83. The quantitative estimate of drug-likeness (QED) is 0.817. The topological polar surface area (TPSA) is 55.1 Å². The fourth-order valence-electron chi connectivity index (χ4n) is 3.83. The summed E-state index contributed by atoms with van der Waals surface area (Å²) in [6, 6.07) is 5.66. The fraction of sp³-hybridized carbons (Fsp3) is 0.562. The maximum atomic E-state index is 12.1. The van der Waals surface area contributed by atoms with Crippen molar-refractivity contribution in [2.75, 3.05) is 11.1 Å². The molecule has 1 amide bonds. The van der Waals surface area contributed by atoms with Crippen LogP contribution in [0.4, 0.5) is 11.4 Å². The monoisotopic (exact) mass is 258 g/mol. The van der Waals surface area contributed by atoms with Crippen molar-refractivity contribution in [3.63, 3.8) is 0 Å². The number of carbonyl (C=O) groups excluding carboxylic acids is 1. The second-order valence-electron chi connectivity index (χ2n) is 6.26. The number of hydrogen-bond acceptors (Lipinski definition) is 2. The van der Waals surface area contributed by atoms with Gasteiger partial charge in [-0.15, -0.1) is 0 Å². The van der Waals surface area contributed by atoms with Crippen LogP contribution in [0.25, 0.3) is 0 Å². The van der Waals surface area contributed by atoms with E-state index in [0.717, 1.165) is 28.8 Å². The molecule has 2 aliphatic rings. The van der Waals surface area contributed by atoms with Crippen LogP contribution in [0, 0.1) is 24.7 Å². The summed E-state index contributed by atoms with van der Waals surface area (Å²) >= 11 is 0. The highest BCUT2D eigenvalue weighted by Gasteiger charge is 2.40. The van der Waals surface area contributed by atoms with E-state index in [-0.39, 0.29) is 5.91 Å². The Labute approximate surface area is 114 Å². The van der Waals surface area contributed by atoms with Gasteiger partial charge in [0, 0.05) is 17.8 Å². The minimum absolute atomic E-state index is 0.154. The molecule has 0 radical (unpaired) electrons. The Balaban J connectivity index is 1.57. The Morgan fingerprint density at radius 1 is 1.37 bits per heavy atom. The lowest BCUT2D eigenvalue weighted by molar-refractivity contribution is -0.117. The molecule has 19 heavy (non-hydrogen) atoms. The standard InChI is InChI=1S/C16H22N2O/c1-10-6-14(4-5-15(10)17)18-16(19)9-13-8-11-2-3-12(13)7-11/h4-6,11-13H,2-3,7-9,17H2,1H3,(H,18,19). The van der Waals surface area contributed by atoms with E-state index in [9.17, 15) is 4.79 Å². The summed E-state index contributed by atoms with van der Waals surface area (Å²) in [4.78, 5) is 12.1. The zero-order valence-electron chi connectivity index (χ0n) is 11.5. The first-order valence-electron chi connectivity index (χ1n) is 7.28. The minimum atomic E-state index is 0.154. The van der Waals surface area contributed by atoms with Crippen molar-refractivity contribution < 1.29 is 4.79 Å². The van der Waals surface area contributed by atoms with E-state index >= 15 is 0 Å². The number of amides is 1. The second kappa shape index (κ2) is 4.87. The predicted octanol–water partition coefficient (Wildman–Crippen LogP) is 3.34. The van der Waals surface area contributed by atoms with Gasteiger partial charge in [-0.1, -0.05) is 6.42 Å². The Kier molecular flexibility index (Phi) is 3.21. The lowest BCUT2D eigenvalue weighted by atomic mass is 9.86. The van der Waals surface area contributed by atoms with E-state index < -0.39 is 0 Å². The molecule has 1 aromatic carbocycles. The molecular weight excluding hydrogens is 236 g/mol. The molecule has 0 saturated heterocycles. The van der Waals surface area contributed by atoms with Crippen LogP contribution in [0.2, 0.25) is 0 Å². The molecule has 3 unspecified atom stereocenters. The molecule has 0 aromatic heterocycles. The van der Waals surface area contributed by atoms with E-state index in [4.69, 9.17) is 5.73 Å². The largest absolute Gasteiger partial charge is 0.399 e. The van der Waals surface area contributed by atoms with Crippen LogP contribution in [-0.2, 0) is 4.79 Å². The molecule has 0 aliphatic heterocycles. The average Bonchev–Trinajstić information content (AvgIpc) is 2.96. The van der Waals surface area contributed by atoms with Gasteiger partial charge < -0.3 is 11.1 Å². The average molecular weight is 258 g/mol. The van der Waals surface area contributed by atoms with Gasteiger partial charge in [0.25, 0.3) is 0 Å². The molecule has 2 bridgehead atoms. The summed E-state index contributed by atoms with van der Waals surface area (Å²) in [6.45, 7) is 1.96. The predicted molar refractivity (Wildman–Crippen MR) is 77.8 cm³/mol. The molecule has 3 heteroatoms. The van der Waals surface area contributed by atoms with Crippen molar-refractivity contribution in [3.05, 3.63) is 23.8 Å². The molecule has 0 spiro atoms. The maximum Gasteiger partial charge on any atom is 0.224 e. The number of benzene rings is 1. The van der Waals surface area contributed by atoms with Crippen molar-refractivity contribution in [2.24, 2.45) is 17.8 Å². The smallest absolute Gasteiger partial charge is 0.224 e. The number of fused-ring (bicyclic) bond motifs is 2. The van der Waals surface area contributed by atoms with Crippen LogP contribution >= 0.6 is 0 Å². The Morgan fingerprint density at radius 2 is 2.21 bits per heavy atom. The maximum absolute atomic E-state index is 12.1. The van der Waals surface area contributed by atoms with E-state index in [1.165, 1.54) is 25.7 Å². The molecule has 2 saturated carbocycles.